The standard InChI is InChI=1S/C9H9BrF2O/c1-13-9-6(4-5-10)2-3-7(11)8(9)12/h2-3H,4-5H2,1H3. The Kier molecular flexibility index (Phi) is 3.66. The molecule has 0 fully saturated rings. The SMILES string of the molecule is COc1c(CCBr)ccc(F)c1F. The highest BCUT2D eigenvalue weighted by Gasteiger charge is 2.12. The van der Waals surface area contributed by atoms with Crippen LogP contribution in [0.5, 0.6) is 5.75 Å². The van der Waals surface area contributed by atoms with E-state index in [2.05, 4.69) is 15.9 Å². The van der Waals surface area contributed by atoms with Gasteiger partial charge in [0.1, 0.15) is 0 Å². The number of hydrogen-bond donors (Lipinski definition) is 0. The Hall–Kier alpha value is -0.640. The molecule has 1 aromatic rings. The minimum atomic E-state index is -0.916. The zero-order valence-electron chi connectivity index (χ0n) is 7.11. The van der Waals surface area contributed by atoms with Crippen molar-refractivity contribution >= 4 is 15.9 Å². The molecule has 0 spiro atoms. The van der Waals surface area contributed by atoms with Crippen LogP contribution < -0.4 is 4.74 Å². The molecule has 0 atom stereocenters. The Balaban J connectivity index is 3.13. The van der Waals surface area contributed by atoms with Crippen molar-refractivity contribution in [1.29, 1.82) is 0 Å². The number of halogens is 3. The van der Waals surface area contributed by atoms with Gasteiger partial charge in [0.2, 0.25) is 5.82 Å². The molecular weight excluding hydrogens is 242 g/mol. The molecule has 1 rings (SSSR count). The number of alkyl halides is 1. The Morgan fingerprint density at radius 1 is 1.38 bits per heavy atom. The number of benzene rings is 1. The van der Waals surface area contributed by atoms with Gasteiger partial charge in [-0.15, -0.1) is 0 Å². The van der Waals surface area contributed by atoms with Crippen molar-refractivity contribution in [3.63, 3.8) is 0 Å². The summed E-state index contributed by atoms with van der Waals surface area (Å²) in [7, 11) is 1.33. The van der Waals surface area contributed by atoms with E-state index in [0.29, 0.717) is 17.3 Å². The van der Waals surface area contributed by atoms with Crippen LogP contribution in [0.3, 0.4) is 0 Å². The monoisotopic (exact) mass is 250 g/mol. The molecule has 0 aliphatic rings. The summed E-state index contributed by atoms with van der Waals surface area (Å²) in [5, 5.41) is 0.689. The van der Waals surface area contributed by atoms with Crippen LogP contribution in [0.1, 0.15) is 5.56 Å². The lowest BCUT2D eigenvalue weighted by Crippen LogP contribution is -1.98. The summed E-state index contributed by atoms with van der Waals surface area (Å²) in [5.74, 6) is -1.80. The first-order valence-corrected chi connectivity index (χ1v) is 4.89. The van der Waals surface area contributed by atoms with E-state index < -0.39 is 11.6 Å². The summed E-state index contributed by atoms with van der Waals surface area (Å²) in [6.45, 7) is 0. The van der Waals surface area contributed by atoms with Crippen molar-refractivity contribution in [1.82, 2.24) is 0 Å². The zero-order chi connectivity index (χ0) is 9.84. The van der Waals surface area contributed by atoms with E-state index in [0.717, 1.165) is 6.07 Å². The second-order valence-electron chi connectivity index (χ2n) is 2.49. The average Bonchev–Trinajstić information content (AvgIpc) is 2.12. The summed E-state index contributed by atoms with van der Waals surface area (Å²) in [6.07, 6.45) is 0.611. The Labute approximate surface area is 83.8 Å². The van der Waals surface area contributed by atoms with E-state index in [1.54, 1.807) is 0 Å². The van der Waals surface area contributed by atoms with Crippen molar-refractivity contribution in [3.8, 4) is 5.75 Å². The largest absolute Gasteiger partial charge is 0.493 e. The maximum atomic E-state index is 13.1. The highest BCUT2D eigenvalue weighted by atomic mass is 79.9. The van der Waals surface area contributed by atoms with Gasteiger partial charge in [-0.1, -0.05) is 22.0 Å². The smallest absolute Gasteiger partial charge is 0.200 e. The maximum Gasteiger partial charge on any atom is 0.200 e. The van der Waals surface area contributed by atoms with Gasteiger partial charge >= 0.3 is 0 Å². The fraction of sp³-hybridized carbons (Fsp3) is 0.333. The second kappa shape index (κ2) is 4.56. The molecule has 72 valence electrons. The number of rotatable bonds is 3. The highest BCUT2D eigenvalue weighted by molar-refractivity contribution is 9.09. The Morgan fingerprint density at radius 2 is 2.08 bits per heavy atom. The number of ether oxygens (including phenoxy) is 1. The lowest BCUT2D eigenvalue weighted by Gasteiger charge is -2.08. The molecule has 0 amide bonds. The van der Waals surface area contributed by atoms with Crippen LogP contribution in [0.4, 0.5) is 8.78 Å². The average molecular weight is 251 g/mol. The van der Waals surface area contributed by atoms with Gasteiger partial charge in [-0.3, -0.25) is 0 Å². The molecule has 0 saturated heterocycles. The molecule has 0 aliphatic heterocycles. The van der Waals surface area contributed by atoms with Crippen LogP contribution in [-0.4, -0.2) is 12.4 Å². The molecule has 1 aromatic carbocycles. The van der Waals surface area contributed by atoms with Crippen molar-refractivity contribution in [2.75, 3.05) is 12.4 Å². The fourth-order valence-corrected chi connectivity index (χ4v) is 1.52. The number of aryl methyl sites for hydroxylation is 1. The topological polar surface area (TPSA) is 9.23 Å². The van der Waals surface area contributed by atoms with Gasteiger partial charge in [0.25, 0.3) is 0 Å². The third-order valence-electron chi connectivity index (χ3n) is 1.70. The quantitative estimate of drug-likeness (QED) is 0.750. The van der Waals surface area contributed by atoms with Gasteiger partial charge in [0.15, 0.2) is 11.6 Å². The molecule has 1 nitrogen and oxygen atoms in total. The number of methoxy groups -OCH3 is 1. The van der Waals surface area contributed by atoms with Crippen LogP contribution in [0.25, 0.3) is 0 Å². The summed E-state index contributed by atoms with van der Waals surface area (Å²) in [5.41, 5.74) is 0.665. The Morgan fingerprint density at radius 3 is 2.62 bits per heavy atom. The Bertz CT molecular complexity index is 302. The summed E-state index contributed by atoms with van der Waals surface area (Å²) >= 11 is 3.22. The van der Waals surface area contributed by atoms with Crippen molar-refractivity contribution in [3.05, 3.63) is 29.3 Å². The van der Waals surface area contributed by atoms with Crippen LogP contribution >= 0.6 is 15.9 Å². The van der Waals surface area contributed by atoms with Crippen LogP contribution in [0, 0.1) is 11.6 Å². The molecule has 13 heavy (non-hydrogen) atoms. The molecule has 0 unspecified atom stereocenters. The van der Waals surface area contributed by atoms with E-state index in [1.807, 2.05) is 0 Å². The highest BCUT2D eigenvalue weighted by Crippen LogP contribution is 2.25. The predicted octanol–water partition coefficient (Wildman–Crippen LogP) is 2.91. The molecule has 0 bridgehead atoms. The van der Waals surface area contributed by atoms with Crippen molar-refractivity contribution < 1.29 is 13.5 Å². The number of hydrogen-bond acceptors (Lipinski definition) is 1. The predicted molar refractivity (Wildman–Crippen MR) is 50.4 cm³/mol. The van der Waals surface area contributed by atoms with Crippen molar-refractivity contribution in [2.24, 2.45) is 0 Å². The van der Waals surface area contributed by atoms with Crippen LogP contribution in [-0.2, 0) is 6.42 Å². The molecule has 0 radical (unpaired) electrons. The first-order valence-electron chi connectivity index (χ1n) is 3.77. The molecule has 0 N–H and O–H groups in total. The molecule has 0 aliphatic carbocycles. The van der Waals surface area contributed by atoms with E-state index in [1.165, 1.54) is 13.2 Å². The minimum absolute atomic E-state index is 0.000509. The maximum absolute atomic E-state index is 13.1. The first-order chi connectivity index (χ1) is 6.20. The molecular formula is C9H9BrF2O. The molecule has 4 heteroatoms. The molecule has 0 saturated carbocycles. The van der Waals surface area contributed by atoms with Gasteiger partial charge < -0.3 is 4.74 Å². The zero-order valence-corrected chi connectivity index (χ0v) is 8.70. The second-order valence-corrected chi connectivity index (χ2v) is 3.29. The lowest BCUT2D eigenvalue weighted by molar-refractivity contribution is 0.367. The normalized spacial score (nSPS) is 10.2. The summed E-state index contributed by atoms with van der Waals surface area (Å²) in [6, 6.07) is 2.63. The van der Waals surface area contributed by atoms with Gasteiger partial charge in [0.05, 0.1) is 7.11 Å². The molecule has 0 aromatic heterocycles. The third-order valence-corrected chi connectivity index (χ3v) is 2.10. The lowest BCUT2D eigenvalue weighted by atomic mass is 10.1. The van der Waals surface area contributed by atoms with E-state index in [-0.39, 0.29) is 5.75 Å². The van der Waals surface area contributed by atoms with E-state index in [9.17, 15) is 8.78 Å². The van der Waals surface area contributed by atoms with Crippen LogP contribution in [0.15, 0.2) is 12.1 Å². The van der Waals surface area contributed by atoms with E-state index >= 15 is 0 Å². The minimum Gasteiger partial charge on any atom is -0.493 e. The first kappa shape index (κ1) is 10.4. The van der Waals surface area contributed by atoms with E-state index in [4.69, 9.17) is 4.74 Å². The molecule has 0 heterocycles. The van der Waals surface area contributed by atoms with Crippen molar-refractivity contribution in [2.45, 2.75) is 6.42 Å². The van der Waals surface area contributed by atoms with Crippen LogP contribution in [0.2, 0.25) is 0 Å². The summed E-state index contributed by atoms with van der Waals surface area (Å²) < 4.78 is 30.6. The third kappa shape index (κ3) is 2.18. The van der Waals surface area contributed by atoms with Gasteiger partial charge in [-0.05, 0) is 18.1 Å². The van der Waals surface area contributed by atoms with Gasteiger partial charge in [-0.2, -0.15) is 4.39 Å². The fourth-order valence-electron chi connectivity index (χ4n) is 1.09. The van der Waals surface area contributed by atoms with Gasteiger partial charge in [0, 0.05) is 5.33 Å². The summed E-state index contributed by atoms with van der Waals surface area (Å²) in [4.78, 5) is 0. The van der Waals surface area contributed by atoms with Gasteiger partial charge in [-0.25, -0.2) is 4.39 Å².